The van der Waals surface area contributed by atoms with Crippen molar-refractivity contribution in [3.8, 4) is 5.75 Å². The van der Waals surface area contributed by atoms with E-state index in [4.69, 9.17) is 4.74 Å². The second kappa shape index (κ2) is 8.68. The summed E-state index contributed by atoms with van der Waals surface area (Å²) in [5.41, 5.74) is 1.33. The first-order valence-electron chi connectivity index (χ1n) is 8.56. The summed E-state index contributed by atoms with van der Waals surface area (Å²) in [6.07, 6.45) is 0.417. The monoisotopic (exact) mass is 426 g/mol. The van der Waals surface area contributed by atoms with Crippen molar-refractivity contribution >= 4 is 49.9 Å². The lowest BCUT2D eigenvalue weighted by atomic mass is 10.1. The van der Waals surface area contributed by atoms with E-state index in [1.54, 1.807) is 31.2 Å². The quantitative estimate of drug-likeness (QED) is 0.584. The fraction of sp³-hybridized carbons (Fsp3) is 0.143. The van der Waals surface area contributed by atoms with Crippen LogP contribution in [-0.2, 0) is 9.59 Å². The predicted octanol–water partition coefficient (Wildman–Crippen LogP) is 4.97. The molecule has 0 fully saturated rings. The van der Waals surface area contributed by atoms with Crippen molar-refractivity contribution in [1.29, 1.82) is 0 Å². The van der Waals surface area contributed by atoms with Gasteiger partial charge in [-0.15, -0.1) is 0 Å². The number of nitrogens with one attached hydrogen (secondary N) is 2. The number of rotatable bonds is 6. The molecule has 2 amide bonds. The van der Waals surface area contributed by atoms with Crippen LogP contribution in [0.3, 0.4) is 0 Å². The number of benzene rings is 3. The van der Waals surface area contributed by atoms with Gasteiger partial charge in [-0.1, -0.05) is 37.3 Å². The molecule has 2 N–H and O–H groups in total. The first-order chi connectivity index (χ1) is 13.1. The molecule has 0 spiro atoms. The maximum absolute atomic E-state index is 12.1. The average molecular weight is 427 g/mol. The minimum Gasteiger partial charge on any atom is -0.483 e. The molecule has 138 valence electrons. The van der Waals surface area contributed by atoms with Gasteiger partial charge in [0.15, 0.2) is 6.61 Å². The molecule has 0 heterocycles. The lowest BCUT2D eigenvalue weighted by Crippen LogP contribution is -2.20. The molecule has 0 aliphatic heterocycles. The van der Waals surface area contributed by atoms with Gasteiger partial charge in [0.1, 0.15) is 5.75 Å². The fourth-order valence-electron chi connectivity index (χ4n) is 2.55. The lowest BCUT2D eigenvalue weighted by Gasteiger charge is -2.11. The van der Waals surface area contributed by atoms with Crippen LogP contribution in [0.4, 0.5) is 11.4 Å². The zero-order valence-corrected chi connectivity index (χ0v) is 16.4. The van der Waals surface area contributed by atoms with Crippen molar-refractivity contribution in [1.82, 2.24) is 0 Å². The van der Waals surface area contributed by atoms with Crippen LogP contribution in [0, 0.1) is 0 Å². The normalized spacial score (nSPS) is 10.4. The Balaban J connectivity index is 1.58. The topological polar surface area (TPSA) is 67.4 Å². The van der Waals surface area contributed by atoms with Gasteiger partial charge in [0.2, 0.25) is 5.91 Å². The molecule has 0 radical (unpaired) electrons. The molecule has 5 nitrogen and oxygen atoms in total. The third-order valence-corrected chi connectivity index (χ3v) is 4.78. The Morgan fingerprint density at radius 3 is 2.19 bits per heavy atom. The van der Waals surface area contributed by atoms with Gasteiger partial charge in [-0.2, -0.15) is 0 Å². The predicted molar refractivity (Wildman–Crippen MR) is 111 cm³/mol. The van der Waals surface area contributed by atoms with Gasteiger partial charge >= 0.3 is 0 Å². The molecule has 0 unspecified atom stereocenters. The summed E-state index contributed by atoms with van der Waals surface area (Å²) in [5.74, 6) is 0.294. The molecule has 0 saturated carbocycles. The highest BCUT2D eigenvalue weighted by atomic mass is 79.9. The average Bonchev–Trinajstić information content (AvgIpc) is 2.69. The highest BCUT2D eigenvalue weighted by Crippen LogP contribution is 2.33. The first kappa shape index (κ1) is 18.9. The Labute approximate surface area is 165 Å². The number of anilines is 2. The molecule has 0 aliphatic carbocycles. The Kier molecular flexibility index (Phi) is 6.08. The van der Waals surface area contributed by atoms with Crippen molar-refractivity contribution in [3.63, 3.8) is 0 Å². The van der Waals surface area contributed by atoms with Gasteiger partial charge < -0.3 is 15.4 Å². The molecule has 0 saturated heterocycles. The van der Waals surface area contributed by atoms with Gasteiger partial charge in [-0.25, -0.2) is 0 Å². The smallest absolute Gasteiger partial charge is 0.262 e. The molecule has 6 heteroatoms. The molecule has 27 heavy (non-hydrogen) atoms. The molecule has 0 aromatic heterocycles. The fourth-order valence-corrected chi connectivity index (χ4v) is 3.16. The van der Waals surface area contributed by atoms with E-state index in [9.17, 15) is 9.59 Å². The number of halogens is 1. The second-order valence-electron chi connectivity index (χ2n) is 5.91. The number of hydrogen-bond acceptors (Lipinski definition) is 3. The number of amides is 2. The standard InChI is InChI=1S/C21H19BrN2O3/c1-2-19(25)23-15-8-10-16(11-9-15)24-20(26)13-27-18-12-7-14-5-3-4-6-17(14)21(18)22/h3-12H,2,13H2,1H3,(H,23,25)(H,24,26). The molecular formula is C21H19BrN2O3. The van der Waals surface area contributed by atoms with Crippen LogP contribution in [0.15, 0.2) is 65.1 Å². The van der Waals surface area contributed by atoms with Gasteiger partial charge in [-0.05, 0) is 57.0 Å². The third-order valence-electron chi connectivity index (χ3n) is 3.96. The molecule has 0 aliphatic rings. The van der Waals surface area contributed by atoms with Crippen LogP contribution in [0.2, 0.25) is 0 Å². The van der Waals surface area contributed by atoms with Gasteiger partial charge in [0.05, 0.1) is 4.47 Å². The molecule has 3 aromatic carbocycles. The largest absolute Gasteiger partial charge is 0.483 e. The van der Waals surface area contributed by atoms with E-state index in [0.717, 1.165) is 15.2 Å². The summed E-state index contributed by atoms with van der Waals surface area (Å²) < 4.78 is 6.48. The zero-order chi connectivity index (χ0) is 19.2. The highest BCUT2D eigenvalue weighted by molar-refractivity contribution is 9.10. The SMILES string of the molecule is CCC(=O)Nc1ccc(NC(=O)COc2ccc3ccccc3c2Br)cc1. The maximum Gasteiger partial charge on any atom is 0.262 e. The van der Waals surface area contributed by atoms with E-state index < -0.39 is 0 Å². The van der Waals surface area contributed by atoms with E-state index in [2.05, 4.69) is 26.6 Å². The summed E-state index contributed by atoms with van der Waals surface area (Å²) >= 11 is 3.54. The summed E-state index contributed by atoms with van der Waals surface area (Å²) in [4.78, 5) is 23.5. The van der Waals surface area contributed by atoms with Gasteiger partial charge in [0, 0.05) is 17.8 Å². The van der Waals surface area contributed by atoms with E-state index in [1.165, 1.54) is 0 Å². The molecule has 0 atom stereocenters. The van der Waals surface area contributed by atoms with Crippen LogP contribution in [0.5, 0.6) is 5.75 Å². The Bertz CT molecular complexity index is 971. The zero-order valence-electron chi connectivity index (χ0n) is 14.8. The van der Waals surface area contributed by atoms with Crippen molar-refractivity contribution in [2.45, 2.75) is 13.3 Å². The van der Waals surface area contributed by atoms with Crippen molar-refractivity contribution in [2.24, 2.45) is 0 Å². The van der Waals surface area contributed by atoms with E-state index in [1.807, 2.05) is 36.4 Å². The minimum atomic E-state index is -0.264. The lowest BCUT2D eigenvalue weighted by molar-refractivity contribution is -0.118. The third kappa shape index (κ3) is 4.86. The summed E-state index contributed by atoms with van der Waals surface area (Å²) in [6, 6.07) is 18.7. The Morgan fingerprint density at radius 2 is 1.52 bits per heavy atom. The minimum absolute atomic E-state index is 0.0545. The van der Waals surface area contributed by atoms with Crippen LogP contribution in [0.1, 0.15) is 13.3 Å². The van der Waals surface area contributed by atoms with E-state index in [0.29, 0.717) is 23.5 Å². The summed E-state index contributed by atoms with van der Waals surface area (Å²) in [7, 11) is 0. The van der Waals surface area contributed by atoms with Gasteiger partial charge in [-0.3, -0.25) is 9.59 Å². The van der Waals surface area contributed by atoms with Crippen LogP contribution >= 0.6 is 15.9 Å². The summed E-state index contributed by atoms with van der Waals surface area (Å²) in [6.45, 7) is 1.68. The van der Waals surface area contributed by atoms with Crippen LogP contribution in [-0.4, -0.2) is 18.4 Å². The Hall–Kier alpha value is -2.86. The highest BCUT2D eigenvalue weighted by Gasteiger charge is 2.09. The molecular weight excluding hydrogens is 408 g/mol. The van der Waals surface area contributed by atoms with Crippen LogP contribution < -0.4 is 15.4 Å². The maximum atomic E-state index is 12.1. The van der Waals surface area contributed by atoms with Crippen molar-refractivity contribution in [3.05, 3.63) is 65.1 Å². The van der Waals surface area contributed by atoms with E-state index >= 15 is 0 Å². The number of hydrogen-bond donors (Lipinski definition) is 2. The van der Waals surface area contributed by atoms with E-state index in [-0.39, 0.29) is 18.4 Å². The van der Waals surface area contributed by atoms with Crippen molar-refractivity contribution in [2.75, 3.05) is 17.2 Å². The number of ether oxygens (including phenoxy) is 1. The number of fused-ring (bicyclic) bond motifs is 1. The van der Waals surface area contributed by atoms with Crippen molar-refractivity contribution < 1.29 is 14.3 Å². The number of carbonyl (C=O) groups excluding carboxylic acids is 2. The molecule has 3 aromatic rings. The number of carbonyl (C=O) groups is 2. The molecule has 3 rings (SSSR count). The second-order valence-corrected chi connectivity index (χ2v) is 6.71. The molecule has 0 bridgehead atoms. The first-order valence-corrected chi connectivity index (χ1v) is 9.36. The van der Waals surface area contributed by atoms with Crippen LogP contribution in [0.25, 0.3) is 10.8 Å². The van der Waals surface area contributed by atoms with Gasteiger partial charge in [0.25, 0.3) is 5.91 Å². The Morgan fingerprint density at radius 1 is 0.889 bits per heavy atom. The summed E-state index contributed by atoms with van der Waals surface area (Å²) in [5, 5.41) is 7.65.